The molecular weight excluding hydrogens is 158 g/mol. The standard InChI is InChI=1S/C12H19N/c1-5-12(4)7-6-11(10(2)3)8-13-9-12/h6-10H,5H2,1-4H3. The zero-order valence-electron chi connectivity index (χ0n) is 9.04. The molecule has 0 aromatic carbocycles. The molecule has 72 valence electrons. The molecule has 0 amide bonds. The van der Waals surface area contributed by atoms with E-state index in [1.54, 1.807) is 0 Å². The van der Waals surface area contributed by atoms with Gasteiger partial charge in [0.15, 0.2) is 0 Å². The summed E-state index contributed by atoms with van der Waals surface area (Å²) in [6.45, 7) is 8.79. The van der Waals surface area contributed by atoms with Crippen LogP contribution in [-0.4, -0.2) is 6.21 Å². The first-order valence-electron chi connectivity index (χ1n) is 5.01. The lowest BCUT2D eigenvalue weighted by atomic mass is 9.88. The highest BCUT2D eigenvalue weighted by Crippen LogP contribution is 2.25. The van der Waals surface area contributed by atoms with Crippen molar-refractivity contribution < 1.29 is 0 Å². The minimum Gasteiger partial charge on any atom is -0.268 e. The molecule has 0 radical (unpaired) electrons. The Bertz CT molecular complexity index is 258. The van der Waals surface area contributed by atoms with E-state index in [0.29, 0.717) is 5.92 Å². The van der Waals surface area contributed by atoms with Crippen LogP contribution in [0, 0.1) is 11.3 Å². The van der Waals surface area contributed by atoms with Crippen LogP contribution in [0.25, 0.3) is 0 Å². The van der Waals surface area contributed by atoms with Gasteiger partial charge in [-0.25, -0.2) is 0 Å². The van der Waals surface area contributed by atoms with Crippen LogP contribution < -0.4 is 0 Å². The minimum absolute atomic E-state index is 0.146. The van der Waals surface area contributed by atoms with E-state index in [2.05, 4.69) is 44.8 Å². The second-order valence-corrected chi connectivity index (χ2v) is 4.25. The normalized spacial score (nSPS) is 27.6. The quantitative estimate of drug-likeness (QED) is 0.611. The van der Waals surface area contributed by atoms with Crippen LogP contribution in [0.2, 0.25) is 0 Å². The molecule has 1 nitrogen and oxygen atoms in total. The fourth-order valence-corrected chi connectivity index (χ4v) is 1.22. The van der Waals surface area contributed by atoms with Gasteiger partial charge in [-0.2, -0.15) is 0 Å². The highest BCUT2D eigenvalue weighted by Gasteiger charge is 2.16. The largest absolute Gasteiger partial charge is 0.268 e. The molecule has 0 saturated carbocycles. The second-order valence-electron chi connectivity index (χ2n) is 4.25. The van der Waals surface area contributed by atoms with Crippen LogP contribution in [0.5, 0.6) is 0 Å². The fourth-order valence-electron chi connectivity index (χ4n) is 1.22. The van der Waals surface area contributed by atoms with Crippen molar-refractivity contribution in [2.24, 2.45) is 16.3 Å². The van der Waals surface area contributed by atoms with Gasteiger partial charge in [-0.05, 0) is 17.9 Å². The van der Waals surface area contributed by atoms with E-state index >= 15 is 0 Å². The van der Waals surface area contributed by atoms with Crippen LogP contribution in [-0.2, 0) is 0 Å². The summed E-state index contributed by atoms with van der Waals surface area (Å²) in [6, 6.07) is 0. The summed E-state index contributed by atoms with van der Waals surface area (Å²) in [7, 11) is 0. The zero-order valence-corrected chi connectivity index (χ0v) is 9.04. The number of nitrogens with zero attached hydrogens (tertiary/aromatic N) is 1. The third-order valence-corrected chi connectivity index (χ3v) is 2.68. The van der Waals surface area contributed by atoms with Gasteiger partial charge in [0.25, 0.3) is 0 Å². The summed E-state index contributed by atoms with van der Waals surface area (Å²) in [5, 5.41) is 0. The highest BCUT2D eigenvalue weighted by atomic mass is 14.7. The van der Waals surface area contributed by atoms with Crippen molar-refractivity contribution in [1.29, 1.82) is 0 Å². The highest BCUT2D eigenvalue weighted by molar-refractivity contribution is 5.69. The topological polar surface area (TPSA) is 12.4 Å². The molecule has 0 aliphatic carbocycles. The number of aliphatic imine (C=N–C) groups is 1. The molecule has 0 aromatic rings. The van der Waals surface area contributed by atoms with Gasteiger partial charge in [0.05, 0.1) is 0 Å². The third-order valence-electron chi connectivity index (χ3n) is 2.68. The Morgan fingerprint density at radius 2 is 2.15 bits per heavy atom. The maximum absolute atomic E-state index is 4.35. The van der Waals surface area contributed by atoms with Gasteiger partial charge in [0.1, 0.15) is 0 Å². The average Bonchev–Trinajstić information content (AvgIpc) is 2.28. The second kappa shape index (κ2) is 3.91. The van der Waals surface area contributed by atoms with Gasteiger partial charge in [0.2, 0.25) is 0 Å². The Hall–Kier alpha value is -0.850. The van der Waals surface area contributed by atoms with E-state index < -0.39 is 0 Å². The Labute approximate surface area is 81.3 Å². The number of rotatable bonds is 2. The summed E-state index contributed by atoms with van der Waals surface area (Å²) in [5.74, 6) is 0.563. The Morgan fingerprint density at radius 3 is 2.69 bits per heavy atom. The van der Waals surface area contributed by atoms with Crippen molar-refractivity contribution in [3.8, 4) is 0 Å². The molecule has 1 aliphatic heterocycles. The molecule has 1 heteroatoms. The molecule has 1 unspecified atom stereocenters. The predicted molar refractivity (Wildman–Crippen MR) is 59.0 cm³/mol. The van der Waals surface area contributed by atoms with Crippen LogP contribution in [0.3, 0.4) is 0 Å². The lowest BCUT2D eigenvalue weighted by molar-refractivity contribution is 0.586. The molecule has 1 heterocycles. The summed E-state index contributed by atoms with van der Waals surface area (Å²) >= 11 is 0. The summed E-state index contributed by atoms with van der Waals surface area (Å²) < 4.78 is 0. The molecule has 1 rings (SSSR count). The predicted octanol–water partition coefficient (Wildman–Crippen LogP) is 3.58. The van der Waals surface area contributed by atoms with E-state index in [-0.39, 0.29) is 5.41 Å². The summed E-state index contributed by atoms with van der Waals surface area (Å²) in [5.41, 5.74) is 1.46. The third kappa shape index (κ3) is 2.55. The first-order valence-corrected chi connectivity index (χ1v) is 5.01. The maximum Gasteiger partial charge on any atom is 0.0298 e. The van der Waals surface area contributed by atoms with E-state index in [4.69, 9.17) is 0 Å². The van der Waals surface area contributed by atoms with Gasteiger partial charge in [-0.15, -0.1) is 0 Å². The molecule has 0 N–H and O–H groups in total. The monoisotopic (exact) mass is 177 g/mol. The fraction of sp³-hybridized carbons (Fsp3) is 0.583. The number of hydrogen-bond acceptors (Lipinski definition) is 1. The van der Waals surface area contributed by atoms with Crippen LogP contribution >= 0.6 is 0 Å². The van der Waals surface area contributed by atoms with Crippen molar-refractivity contribution in [2.75, 3.05) is 0 Å². The first kappa shape index (κ1) is 10.2. The first-order chi connectivity index (χ1) is 6.07. The summed E-state index contributed by atoms with van der Waals surface area (Å²) in [6.07, 6.45) is 9.59. The molecule has 1 atom stereocenters. The maximum atomic E-state index is 4.35. The van der Waals surface area contributed by atoms with Crippen molar-refractivity contribution in [3.05, 3.63) is 23.9 Å². The minimum atomic E-state index is 0.146. The van der Waals surface area contributed by atoms with E-state index in [9.17, 15) is 0 Å². The lowest BCUT2D eigenvalue weighted by Crippen LogP contribution is -2.12. The molecule has 13 heavy (non-hydrogen) atoms. The molecule has 0 fully saturated rings. The van der Waals surface area contributed by atoms with Gasteiger partial charge < -0.3 is 0 Å². The molecule has 1 aliphatic rings. The number of hydrogen-bond donors (Lipinski definition) is 0. The van der Waals surface area contributed by atoms with Crippen molar-refractivity contribution in [3.63, 3.8) is 0 Å². The van der Waals surface area contributed by atoms with E-state index in [1.165, 1.54) is 5.57 Å². The molecule has 0 bridgehead atoms. The molecule has 0 aromatic heterocycles. The summed E-state index contributed by atoms with van der Waals surface area (Å²) in [4.78, 5) is 4.35. The SMILES string of the molecule is CCC1(C)C=CC(C(C)C)=CN=C1. The van der Waals surface area contributed by atoms with Crippen LogP contribution in [0.15, 0.2) is 28.9 Å². The van der Waals surface area contributed by atoms with Crippen LogP contribution in [0.4, 0.5) is 0 Å². The molecule has 0 saturated heterocycles. The molecule has 0 spiro atoms. The Balaban J connectivity index is 2.86. The Kier molecular flexibility index (Phi) is 3.07. The Morgan fingerprint density at radius 1 is 1.46 bits per heavy atom. The van der Waals surface area contributed by atoms with Crippen LogP contribution in [0.1, 0.15) is 34.1 Å². The van der Waals surface area contributed by atoms with Gasteiger partial charge >= 0.3 is 0 Å². The van der Waals surface area contributed by atoms with E-state index in [1.807, 2.05) is 12.4 Å². The van der Waals surface area contributed by atoms with Gasteiger partial charge in [-0.3, -0.25) is 4.99 Å². The van der Waals surface area contributed by atoms with Crippen molar-refractivity contribution >= 4 is 6.21 Å². The van der Waals surface area contributed by atoms with E-state index in [0.717, 1.165) is 6.42 Å². The average molecular weight is 177 g/mol. The smallest absolute Gasteiger partial charge is 0.0298 e. The lowest BCUT2D eigenvalue weighted by Gasteiger charge is -2.16. The van der Waals surface area contributed by atoms with Gasteiger partial charge in [0, 0.05) is 17.8 Å². The number of allylic oxidation sites excluding steroid dienone is 3. The van der Waals surface area contributed by atoms with Crippen molar-refractivity contribution in [2.45, 2.75) is 34.1 Å². The van der Waals surface area contributed by atoms with Gasteiger partial charge in [-0.1, -0.05) is 39.8 Å². The molecular formula is C12H19N. The zero-order chi connectivity index (χ0) is 9.90. The van der Waals surface area contributed by atoms with Crippen molar-refractivity contribution in [1.82, 2.24) is 0 Å².